The SMILES string of the molecule is Nc1c(N=Nc2ccc3c(O)c(N=Nc4ccc(N=Nc5ccc(S(=O)(=O)O)cc5)cc4OCCCSOOO)c(S(=O)(=O)O)cc3c2S(=O)(=O)O)cc(S(=O)(=O)O)c2cc(SOOO)c(N=Nc3ccc([N+](=O)[O-])cc3S(=O)(=O)O)c(O)c12. The summed E-state index contributed by atoms with van der Waals surface area (Å²) in [6.07, 6.45) is 0.215. The Balaban J connectivity index is 1.34. The van der Waals surface area contributed by atoms with E-state index in [4.69, 9.17) is 21.0 Å². The van der Waals surface area contributed by atoms with E-state index < -0.39 is 158 Å². The summed E-state index contributed by atoms with van der Waals surface area (Å²) in [5.74, 6) is -2.38. The van der Waals surface area contributed by atoms with E-state index in [9.17, 15) is 85.2 Å². The Kier molecular flexibility index (Phi) is 19.3. The molecule has 0 unspecified atom stereocenters. The fraction of sp³-hybridized carbons (Fsp3) is 0.0732. The fourth-order valence-corrected chi connectivity index (χ4v) is 11.3. The summed E-state index contributed by atoms with van der Waals surface area (Å²) >= 11 is 0.664. The molecule has 444 valence electrons. The third kappa shape index (κ3) is 14.9. The highest BCUT2D eigenvalue weighted by molar-refractivity contribution is 7.95. The van der Waals surface area contributed by atoms with Crippen molar-refractivity contribution in [2.45, 2.75) is 35.8 Å². The molecule has 7 aromatic rings. The zero-order valence-electron chi connectivity index (χ0n) is 40.7. The second kappa shape index (κ2) is 25.5. The van der Waals surface area contributed by atoms with E-state index >= 15 is 0 Å². The predicted molar refractivity (Wildman–Crippen MR) is 285 cm³/mol. The van der Waals surface area contributed by atoms with Gasteiger partial charge in [0.15, 0.2) is 11.5 Å². The molecule has 0 saturated heterocycles. The molecule has 0 heterocycles. The number of hydrogen-bond acceptors (Lipinski definition) is 32. The first-order valence-electron chi connectivity index (χ1n) is 21.7. The third-order valence-corrected chi connectivity index (χ3v) is 16.4. The van der Waals surface area contributed by atoms with Crippen LogP contribution in [0.5, 0.6) is 17.2 Å². The normalized spacial score (nSPS) is 12.9. The Morgan fingerprint density at radius 1 is 0.536 bits per heavy atom. The van der Waals surface area contributed by atoms with E-state index in [0.29, 0.717) is 36.3 Å². The van der Waals surface area contributed by atoms with E-state index in [1.54, 1.807) is 0 Å². The number of aromatic hydroxyl groups is 2. The number of nitrogen functional groups attached to an aromatic ring is 1. The van der Waals surface area contributed by atoms with Gasteiger partial charge in [-0.25, -0.2) is 10.5 Å². The molecule has 0 radical (unpaired) electrons. The van der Waals surface area contributed by atoms with Crippen LogP contribution in [-0.2, 0) is 69.3 Å². The van der Waals surface area contributed by atoms with Gasteiger partial charge in [-0.1, -0.05) is 10.1 Å². The Morgan fingerprint density at radius 2 is 1.12 bits per heavy atom. The minimum atomic E-state index is -5.67. The molecule has 0 bridgehead atoms. The molecular weight excluding hydrogens is 1270 g/mol. The summed E-state index contributed by atoms with van der Waals surface area (Å²) < 4.78 is 190. The van der Waals surface area contributed by atoms with Crippen LogP contribution in [0.4, 0.5) is 56.9 Å². The number of azo groups is 4. The van der Waals surface area contributed by atoms with Gasteiger partial charge in [0, 0.05) is 52.2 Å². The largest absolute Gasteiger partial charge is 0.505 e. The van der Waals surface area contributed by atoms with Crippen molar-refractivity contribution >= 4 is 153 Å². The average Bonchev–Trinajstić information content (AvgIpc) is 0.905. The predicted octanol–water partition coefficient (Wildman–Crippen LogP) is 10.1. The Bertz CT molecular complexity index is 4520. The number of benzene rings is 7. The summed E-state index contributed by atoms with van der Waals surface area (Å²) in [6.45, 7) is -0.112. The van der Waals surface area contributed by atoms with Crippen LogP contribution in [0.2, 0.25) is 0 Å². The van der Waals surface area contributed by atoms with Crippen molar-refractivity contribution < 1.29 is 114 Å². The van der Waals surface area contributed by atoms with Gasteiger partial charge in [-0.05, 0) is 79.2 Å². The number of nitrogens with zero attached hydrogens (tertiary/aromatic N) is 9. The van der Waals surface area contributed by atoms with E-state index in [-0.39, 0.29) is 53.6 Å². The minimum absolute atomic E-state index is 0.0226. The molecule has 7 rings (SSSR count). The van der Waals surface area contributed by atoms with E-state index in [1.807, 2.05) is 0 Å². The van der Waals surface area contributed by atoms with Crippen LogP contribution in [0.25, 0.3) is 21.5 Å². The quantitative estimate of drug-likeness (QED) is 0.00393. The monoisotopic (exact) mass is 1300 g/mol. The van der Waals surface area contributed by atoms with Crippen molar-refractivity contribution in [3.8, 4) is 17.2 Å². The molecule has 0 aliphatic carbocycles. The molecule has 0 spiro atoms. The number of nitro groups is 1. The minimum Gasteiger partial charge on any atom is -0.505 e. The molecule has 11 N–H and O–H groups in total. The summed E-state index contributed by atoms with van der Waals surface area (Å²) in [4.78, 5) is 4.30. The van der Waals surface area contributed by atoms with Gasteiger partial charge in [-0.2, -0.15) is 52.3 Å². The van der Waals surface area contributed by atoms with Gasteiger partial charge in [0.2, 0.25) is 0 Å². The number of nitro benzene ring substituents is 1. The second-order valence-electron chi connectivity index (χ2n) is 16.0. The highest BCUT2D eigenvalue weighted by Crippen LogP contribution is 2.51. The van der Waals surface area contributed by atoms with Crippen LogP contribution in [0.1, 0.15) is 6.42 Å². The number of phenols is 2. The van der Waals surface area contributed by atoms with E-state index in [2.05, 4.69) is 59.7 Å². The maximum atomic E-state index is 13.2. The fourth-order valence-electron chi connectivity index (χ4n) is 7.18. The Labute approximate surface area is 477 Å². The van der Waals surface area contributed by atoms with Crippen LogP contribution >= 0.6 is 24.1 Å². The Morgan fingerprint density at radius 3 is 1.74 bits per heavy atom. The van der Waals surface area contributed by atoms with Gasteiger partial charge < -0.3 is 20.7 Å². The van der Waals surface area contributed by atoms with Crippen molar-refractivity contribution in [2.75, 3.05) is 18.1 Å². The van der Waals surface area contributed by atoms with Crippen LogP contribution in [-0.4, -0.2) is 103 Å². The van der Waals surface area contributed by atoms with Gasteiger partial charge in [0.05, 0.1) is 55.8 Å². The summed E-state index contributed by atoms with van der Waals surface area (Å²) in [7, 11) is -26.5. The molecule has 0 aliphatic rings. The molecule has 0 atom stereocenters. The summed E-state index contributed by atoms with van der Waals surface area (Å²) in [6, 6.07) is 13.5. The molecular formula is C41H32N10O26S7. The van der Waals surface area contributed by atoms with Gasteiger partial charge in [-0.15, -0.1) is 39.4 Å². The molecule has 43 heteroatoms. The highest BCUT2D eigenvalue weighted by Gasteiger charge is 2.30. The zero-order valence-corrected chi connectivity index (χ0v) is 46.4. The second-order valence-corrected chi connectivity index (χ2v) is 24.5. The van der Waals surface area contributed by atoms with Gasteiger partial charge in [-0.3, -0.25) is 32.9 Å². The summed E-state index contributed by atoms with van der Waals surface area (Å²) in [5.41, 5.74) is 0.204. The summed E-state index contributed by atoms with van der Waals surface area (Å²) in [5, 5.41) is 86.5. The number of fused-ring (bicyclic) bond motifs is 2. The van der Waals surface area contributed by atoms with Crippen molar-refractivity contribution in [3.05, 3.63) is 101 Å². The maximum absolute atomic E-state index is 13.2. The lowest BCUT2D eigenvalue weighted by Gasteiger charge is -2.15. The number of hydrogen-bond donors (Lipinski definition) is 10. The van der Waals surface area contributed by atoms with E-state index in [0.717, 1.165) is 36.4 Å². The zero-order chi connectivity index (χ0) is 61.7. The number of phenolic OH excluding ortho intramolecular Hbond substituents is 2. The average molecular weight is 1310 g/mol. The topological polar surface area (TPSA) is 567 Å². The third-order valence-electron chi connectivity index (χ3n) is 10.7. The molecule has 0 aliphatic heterocycles. The van der Waals surface area contributed by atoms with E-state index in [1.165, 1.54) is 30.3 Å². The lowest BCUT2D eigenvalue weighted by Crippen LogP contribution is -2.03. The first-order chi connectivity index (χ1) is 39.3. The van der Waals surface area contributed by atoms with Crippen molar-refractivity contribution in [1.82, 2.24) is 0 Å². The molecule has 36 nitrogen and oxygen atoms in total. The Hall–Kier alpha value is -7.93. The van der Waals surface area contributed by atoms with Gasteiger partial charge in [0.1, 0.15) is 59.5 Å². The molecule has 0 saturated carbocycles. The van der Waals surface area contributed by atoms with Crippen LogP contribution in [0.15, 0.2) is 161 Å². The van der Waals surface area contributed by atoms with Crippen LogP contribution in [0, 0.1) is 10.1 Å². The highest BCUT2D eigenvalue weighted by atomic mass is 32.2. The lowest BCUT2D eigenvalue weighted by molar-refractivity contribution is -0.432. The number of ether oxygens (including phenoxy) is 1. The first-order valence-corrected chi connectivity index (χ1v) is 30.6. The molecule has 0 aromatic heterocycles. The maximum Gasteiger partial charge on any atom is 0.297 e. The smallest absolute Gasteiger partial charge is 0.297 e. The number of nitrogens with two attached hydrogens (primary N) is 1. The van der Waals surface area contributed by atoms with Gasteiger partial charge in [0.25, 0.3) is 56.3 Å². The lowest BCUT2D eigenvalue weighted by atomic mass is 10.0. The molecule has 7 aromatic carbocycles. The van der Waals surface area contributed by atoms with Gasteiger partial charge >= 0.3 is 0 Å². The molecule has 0 amide bonds. The number of non-ortho nitro benzene ring substituents is 1. The van der Waals surface area contributed by atoms with Crippen molar-refractivity contribution in [2.24, 2.45) is 40.9 Å². The standard InChI is InChI=1S/C41H32N10O26S7/c42-36-29(18-32(81(61,62)63)25-16-31(79-77-75-57)37(40(53)35(25)36)49-46-27-10-5-21(51(54)55)15-33(27)82(64,65)66)48-47-28-11-8-23-24(41(28)84(70,71)72)17-34(83(67,68)69)38(39(23)52)50-45-26-9-4-20(14-30(26)73-12-1-13-78-76-74-56)44-43-19-2-6-22(7-3-19)80(58,59)60/h2-11,14-18,52-53,56-57H,1,12-13,42H2,(H,58,59,60)(H,61,62,63)(H,64,65,66)(H,67,68,69)(H,70,71,72). The molecule has 84 heavy (non-hydrogen) atoms. The molecule has 0 fully saturated rings. The van der Waals surface area contributed by atoms with Crippen LogP contribution in [0.3, 0.4) is 0 Å². The van der Waals surface area contributed by atoms with Crippen molar-refractivity contribution in [3.63, 3.8) is 0 Å². The van der Waals surface area contributed by atoms with Crippen LogP contribution < -0.4 is 10.5 Å². The first kappa shape index (κ1) is 63.6. The number of anilines is 1. The number of rotatable bonds is 24. The van der Waals surface area contributed by atoms with Crippen molar-refractivity contribution in [1.29, 1.82) is 0 Å².